The molecule has 0 aliphatic heterocycles. The van der Waals surface area contributed by atoms with Gasteiger partial charge in [-0.05, 0) is 30.7 Å². The molecule has 0 saturated carbocycles. The molecule has 11 heteroatoms. The van der Waals surface area contributed by atoms with Crippen molar-refractivity contribution in [2.75, 3.05) is 20.7 Å². The molecule has 0 aliphatic carbocycles. The number of carbonyl (C=O) groups excluding carboxylic acids is 1. The first-order valence-corrected chi connectivity index (χ1v) is 8.57. The van der Waals surface area contributed by atoms with Gasteiger partial charge in [0.15, 0.2) is 0 Å². The van der Waals surface area contributed by atoms with Gasteiger partial charge in [0.1, 0.15) is 5.75 Å². The number of rotatable bonds is 6. The second-order valence-electron chi connectivity index (χ2n) is 4.74. The first kappa shape index (κ1) is 21.3. The Kier molecular flexibility index (Phi) is 6.86. The minimum Gasteiger partial charge on any atom is -0.463 e. The Hall–Kier alpha value is -1.78. The van der Waals surface area contributed by atoms with Crippen molar-refractivity contribution in [2.45, 2.75) is 18.2 Å². The topological polar surface area (TPSA) is 72.9 Å². The Morgan fingerprint density at radius 1 is 1.32 bits per heavy atom. The molecule has 140 valence electrons. The quantitative estimate of drug-likeness (QED) is 0.541. The van der Waals surface area contributed by atoms with Crippen LogP contribution in [0.1, 0.15) is 12.5 Å². The van der Waals surface area contributed by atoms with Crippen LogP contribution < -0.4 is 4.74 Å². The standard InChI is InChI=1S/C14H15ClF3NO5S/c1-4-23-13(20)6-5-9-7-11(24-14(16,17)18)10(15)8-12(9)25(21,22)19(2)3/h5-8H,4H2,1-3H3. The fraction of sp³-hybridized carbons (Fsp3) is 0.357. The van der Waals surface area contributed by atoms with Crippen molar-refractivity contribution >= 4 is 33.7 Å². The largest absolute Gasteiger partial charge is 0.573 e. The van der Waals surface area contributed by atoms with Gasteiger partial charge in [-0.3, -0.25) is 0 Å². The van der Waals surface area contributed by atoms with Gasteiger partial charge in [0, 0.05) is 20.2 Å². The summed E-state index contributed by atoms with van der Waals surface area (Å²) >= 11 is 5.71. The summed E-state index contributed by atoms with van der Waals surface area (Å²) in [6.45, 7) is 1.64. The van der Waals surface area contributed by atoms with Crippen LogP contribution in [-0.2, 0) is 19.6 Å². The van der Waals surface area contributed by atoms with Crippen LogP contribution in [0.5, 0.6) is 5.75 Å². The van der Waals surface area contributed by atoms with Gasteiger partial charge in [-0.25, -0.2) is 17.5 Å². The second-order valence-corrected chi connectivity index (χ2v) is 7.27. The SMILES string of the molecule is CCOC(=O)C=Cc1cc(OC(F)(F)F)c(Cl)cc1S(=O)(=O)N(C)C. The summed E-state index contributed by atoms with van der Waals surface area (Å²) in [5.74, 6) is -1.58. The number of esters is 1. The number of sulfonamides is 1. The minimum absolute atomic E-state index is 0.0785. The van der Waals surface area contributed by atoms with Crippen molar-refractivity contribution in [1.29, 1.82) is 0 Å². The average molecular weight is 402 g/mol. The van der Waals surface area contributed by atoms with E-state index in [1.54, 1.807) is 6.92 Å². The van der Waals surface area contributed by atoms with Crippen molar-refractivity contribution in [3.63, 3.8) is 0 Å². The molecule has 0 aliphatic rings. The van der Waals surface area contributed by atoms with Gasteiger partial charge in [0.05, 0.1) is 16.5 Å². The second kappa shape index (κ2) is 8.07. The van der Waals surface area contributed by atoms with Crippen molar-refractivity contribution in [3.8, 4) is 5.75 Å². The summed E-state index contributed by atoms with van der Waals surface area (Å²) in [6.07, 6.45) is -3.12. The summed E-state index contributed by atoms with van der Waals surface area (Å²) in [5.41, 5.74) is -0.217. The predicted molar refractivity (Wildman–Crippen MR) is 84.7 cm³/mol. The minimum atomic E-state index is -5.02. The highest BCUT2D eigenvalue weighted by molar-refractivity contribution is 7.89. The zero-order valence-electron chi connectivity index (χ0n) is 13.4. The lowest BCUT2D eigenvalue weighted by Crippen LogP contribution is -2.23. The number of nitrogens with zero attached hydrogens (tertiary/aromatic N) is 1. The molecule has 0 atom stereocenters. The predicted octanol–water partition coefficient (Wildman–Crippen LogP) is 3.07. The summed E-state index contributed by atoms with van der Waals surface area (Å²) in [7, 11) is -1.57. The van der Waals surface area contributed by atoms with E-state index in [0.29, 0.717) is 0 Å². The molecular formula is C14H15ClF3NO5S. The van der Waals surface area contributed by atoms with Crippen LogP contribution in [0.3, 0.4) is 0 Å². The lowest BCUT2D eigenvalue weighted by molar-refractivity contribution is -0.274. The molecule has 25 heavy (non-hydrogen) atoms. The maximum Gasteiger partial charge on any atom is 0.573 e. The monoisotopic (exact) mass is 401 g/mol. The molecule has 1 aromatic carbocycles. The van der Waals surface area contributed by atoms with Crippen LogP contribution >= 0.6 is 11.6 Å². The summed E-state index contributed by atoms with van der Waals surface area (Å²) in [5, 5.41) is -0.550. The van der Waals surface area contributed by atoms with E-state index in [9.17, 15) is 26.4 Å². The molecule has 0 bridgehead atoms. The fourth-order valence-corrected chi connectivity index (χ4v) is 3.00. The zero-order chi connectivity index (χ0) is 19.4. The van der Waals surface area contributed by atoms with Gasteiger partial charge >= 0.3 is 12.3 Å². The molecule has 0 N–H and O–H groups in total. The molecule has 0 radical (unpaired) electrons. The molecule has 1 aromatic rings. The van der Waals surface area contributed by atoms with Crippen LogP contribution in [0.2, 0.25) is 5.02 Å². The highest BCUT2D eigenvalue weighted by Gasteiger charge is 2.33. The third-order valence-corrected chi connectivity index (χ3v) is 4.90. The van der Waals surface area contributed by atoms with Crippen LogP contribution in [0.25, 0.3) is 6.08 Å². The number of alkyl halides is 3. The highest BCUT2D eigenvalue weighted by Crippen LogP contribution is 2.35. The smallest absolute Gasteiger partial charge is 0.463 e. The van der Waals surface area contributed by atoms with Crippen LogP contribution in [0.15, 0.2) is 23.1 Å². The summed E-state index contributed by atoms with van der Waals surface area (Å²) < 4.78 is 71.2. The van der Waals surface area contributed by atoms with E-state index in [2.05, 4.69) is 9.47 Å². The van der Waals surface area contributed by atoms with Crippen LogP contribution in [-0.4, -0.2) is 45.8 Å². The van der Waals surface area contributed by atoms with Crippen molar-refractivity contribution in [2.24, 2.45) is 0 Å². The normalized spacial score (nSPS) is 12.6. The van der Waals surface area contributed by atoms with Crippen molar-refractivity contribution in [1.82, 2.24) is 4.31 Å². The zero-order valence-corrected chi connectivity index (χ0v) is 15.0. The van der Waals surface area contributed by atoms with Crippen LogP contribution in [0.4, 0.5) is 13.2 Å². The molecule has 6 nitrogen and oxygen atoms in total. The van der Waals surface area contributed by atoms with E-state index in [1.807, 2.05) is 0 Å². The number of ether oxygens (including phenoxy) is 2. The van der Waals surface area contributed by atoms with E-state index in [0.717, 1.165) is 28.6 Å². The number of halogens is 4. The Morgan fingerprint density at radius 3 is 2.40 bits per heavy atom. The molecular weight excluding hydrogens is 387 g/mol. The van der Waals surface area contributed by atoms with Gasteiger partial charge in [-0.2, -0.15) is 0 Å². The fourth-order valence-electron chi connectivity index (χ4n) is 1.65. The maximum atomic E-state index is 12.4. The lowest BCUT2D eigenvalue weighted by atomic mass is 10.2. The number of benzene rings is 1. The summed E-state index contributed by atoms with van der Waals surface area (Å²) in [6, 6.07) is 1.60. The maximum absolute atomic E-state index is 12.4. The van der Waals surface area contributed by atoms with E-state index < -0.39 is 38.0 Å². The van der Waals surface area contributed by atoms with Gasteiger partial charge in [0.25, 0.3) is 0 Å². The molecule has 0 saturated heterocycles. The van der Waals surface area contributed by atoms with Gasteiger partial charge in [0.2, 0.25) is 10.0 Å². The molecule has 0 spiro atoms. The number of hydrogen-bond donors (Lipinski definition) is 0. The van der Waals surface area contributed by atoms with Gasteiger partial charge in [-0.1, -0.05) is 11.6 Å². The number of hydrogen-bond acceptors (Lipinski definition) is 5. The van der Waals surface area contributed by atoms with Crippen molar-refractivity contribution < 1.29 is 35.9 Å². The molecule has 0 amide bonds. The van der Waals surface area contributed by atoms with E-state index >= 15 is 0 Å². The molecule has 1 rings (SSSR count). The first-order valence-electron chi connectivity index (χ1n) is 6.75. The first-order chi connectivity index (χ1) is 11.4. The molecule has 0 fully saturated rings. The highest BCUT2D eigenvalue weighted by atomic mass is 35.5. The Bertz CT molecular complexity index is 775. The Balaban J connectivity index is 3.51. The summed E-state index contributed by atoms with van der Waals surface area (Å²) in [4.78, 5) is 11.0. The average Bonchev–Trinajstić information content (AvgIpc) is 2.46. The Labute approximate surface area is 147 Å². The number of carbonyl (C=O) groups is 1. The third-order valence-electron chi connectivity index (χ3n) is 2.73. The molecule has 0 unspecified atom stereocenters. The molecule has 0 aromatic heterocycles. The molecule has 0 heterocycles. The van der Waals surface area contributed by atoms with Gasteiger partial charge < -0.3 is 9.47 Å². The Morgan fingerprint density at radius 2 is 1.92 bits per heavy atom. The van der Waals surface area contributed by atoms with Crippen molar-refractivity contribution in [3.05, 3.63) is 28.8 Å². The lowest BCUT2D eigenvalue weighted by Gasteiger charge is -2.17. The van der Waals surface area contributed by atoms with E-state index in [1.165, 1.54) is 14.1 Å². The van der Waals surface area contributed by atoms with E-state index in [-0.39, 0.29) is 12.2 Å². The van der Waals surface area contributed by atoms with Crippen LogP contribution in [0, 0.1) is 0 Å². The van der Waals surface area contributed by atoms with E-state index in [4.69, 9.17) is 11.6 Å². The third kappa shape index (κ3) is 5.91. The van der Waals surface area contributed by atoms with Gasteiger partial charge in [-0.15, -0.1) is 13.2 Å².